The summed E-state index contributed by atoms with van der Waals surface area (Å²) in [4.78, 5) is 2.27. The zero-order valence-corrected chi connectivity index (χ0v) is 12.7. The quantitative estimate of drug-likeness (QED) is 0.661. The molecule has 1 aromatic carbocycles. The van der Waals surface area contributed by atoms with Crippen molar-refractivity contribution in [3.8, 4) is 5.75 Å². The van der Waals surface area contributed by atoms with Gasteiger partial charge in [0.05, 0.1) is 13.7 Å². The van der Waals surface area contributed by atoms with Gasteiger partial charge in [-0.05, 0) is 18.1 Å². The molecule has 0 aliphatic rings. The van der Waals surface area contributed by atoms with Gasteiger partial charge in [0.25, 0.3) is 0 Å². The van der Waals surface area contributed by atoms with Crippen LogP contribution < -0.4 is 15.4 Å². The van der Waals surface area contributed by atoms with E-state index in [1.807, 2.05) is 18.2 Å². The molecule has 5 nitrogen and oxygen atoms in total. The lowest BCUT2D eigenvalue weighted by molar-refractivity contribution is 0.191. The second-order valence-electron chi connectivity index (χ2n) is 4.52. The first kappa shape index (κ1) is 16.8. The van der Waals surface area contributed by atoms with Crippen LogP contribution in [0.25, 0.3) is 0 Å². The van der Waals surface area contributed by atoms with Gasteiger partial charge in [-0.15, -0.1) is 0 Å². The van der Waals surface area contributed by atoms with Gasteiger partial charge < -0.3 is 24.8 Å². The number of rotatable bonds is 10. The Morgan fingerprint density at radius 2 is 1.80 bits per heavy atom. The molecule has 0 amide bonds. The van der Waals surface area contributed by atoms with Crippen LogP contribution >= 0.6 is 0 Å². The van der Waals surface area contributed by atoms with E-state index in [4.69, 9.17) is 19.9 Å². The molecule has 0 saturated carbocycles. The third-order valence-corrected chi connectivity index (χ3v) is 3.19. The van der Waals surface area contributed by atoms with Crippen molar-refractivity contribution in [2.24, 2.45) is 5.73 Å². The Kier molecular flexibility index (Phi) is 8.02. The molecule has 0 fully saturated rings. The van der Waals surface area contributed by atoms with E-state index >= 15 is 0 Å². The first-order chi connectivity index (χ1) is 9.76. The van der Waals surface area contributed by atoms with E-state index in [0.717, 1.165) is 43.1 Å². The van der Waals surface area contributed by atoms with Crippen LogP contribution in [0.1, 0.15) is 12.0 Å². The van der Waals surface area contributed by atoms with E-state index in [9.17, 15) is 0 Å². The molecule has 1 rings (SSSR count). The smallest absolute Gasteiger partial charge is 0.120 e. The number of ether oxygens (including phenoxy) is 3. The van der Waals surface area contributed by atoms with Crippen molar-refractivity contribution in [2.75, 3.05) is 52.5 Å². The maximum Gasteiger partial charge on any atom is 0.120 e. The molecule has 2 N–H and O–H groups in total. The van der Waals surface area contributed by atoms with Gasteiger partial charge in [-0.25, -0.2) is 0 Å². The minimum Gasteiger partial charge on any atom is -0.497 e. The molecule has 0 spiro atoms. The van der Waals surface area contributed by atoms with Crippen molar-refractivity contribution in [1.29, 1.82) is 0 Å². The molecular weight excluding hydrogens is 256 g/mol. The van der Waals surface area contributed by atoms with Crippen LogP contribution in [0.4, 0.5) is 5.69 Å². The topological polar surface area (TPSA) is 57.0 Å². The van der Waals surface area contributed by atoms with Gasteiger partial charge in [0.2, 0.25) is 0 Å². The Labute approximate surface area is 121 Å². The maximum atomic E-state index is 5.84. The number of methoxy groups -OCH3 is 3. The third-order valence-electron chi connectivity index (χ3n) is 3.19. The van der Waals surface area contributed by atoms with Gasteiger partial charge in [-0.2, -0.15) is 0 Å². The van der Waals surface area contributed by atoms with Crippen LogP contribution in [0, 0.1) is 0 Å². The zero-order valence-electron chi connectivity index (χ0n) is 12.7. The van der Waals surface area contributed by atoms with Crippen molar-refractivity contribution in [3.05, 3.63) is 23.8 Å². The highest BCUT2D eigenvalue weighted by atomic mass is 16.5. The highest BCUT2D eigenvalue weighted by Gasteiger charge is 2.11. The lowest BCUT2D eigenvalue weighted by Gasteiger charge is -2.27. The fourth-order valence-electron chi connectivity index (χ4n) is 2.09. The molecule has 0 aromatic heterocycles. The van der Waals surface area contributed by atoms with E-state index in [0.29, 0.717) is 13.2 Å². The molecule has 114 valence electrons. The van der Waals surface area contributed by atoms with Crippen LogP contribution in [0.2, 0.25) is 0 Å². The standard InChI is InChI=1S/C15H26N2O3/c1-18-9-4-7-17(8-10-19-2)15-11-14(20-3)6-5-13(15)12-16/h5-6,11H,4,7-10,12,16H2,1-3H3. The second kappa shape index (κ2) is 9.58. The summed E-state index contributed by atoms with van der Waals surface area (Å²) in [6.45, 7) is 3.64. The Bertz CT molecular complexity index is 385. The third kappa shape index (κ3) is 5.00. The molecule has 5 heteroatoms. The average Bonchev–Trinajstić information content (AvgIpc) is 2.50. The maximum absolute atomic E-state index is 5.84. The predicted octanol–water partition coefficient (Wildman–Crippen LogP) is 1.64. The van der Waals surface area contributed by atoms with Crippen LogP contribution in [-0.2, 0) is 16.0 Å². The molecule has 0 heterocycles. The van der Waals surface area contributed by atoms with Gasteiger partial charge in [0.1, 0.15) is 5.75 Å². The molecule has 0 aliphatic heterocycles. The number of nitrogens with zero attached hydrogens (tertiary/aromatic N) is 1. The monoisotopic (exact) mass is 282 g/mol. The first-order valence-corrected chi connectivity index (χ1v) is 6.86. The number of anilines is 1. The van der Waals surface area contributed by atoms with Gasteiger partial charge in [0, 0.05) is 52.2 Å². The summed E-state index contributed by atoms with van der Waals surface area (Å²) >= 11 is 0. The largest absolute Gasteiger partial charge is 0.497 e. The molecule has 0 atom stereocenters. The van der Waals surface area contributed by atoms with Crippen LogP contribution in [0.15, 0.2) is 18.2 Å². The van der Waals surface area contributed by atoms with Gasteiger partial charge in [-0.1, -0.05) is 6.07 Å². The molecule has 20 heavy (non-hydrogen) atoms. The van der Waals surface area contributed by atoms with E-state index in [1.165, 1.54) is 0 Å². The first-order valence-electron chi connectivity index (χ1n) is 6.86. The number of hydrogen-bond donors (Lipinski definition) is 1. The highest BCUT2D eigenvalue weighted by molar-refractivity contribution is 5.57. The number of hydrogen-bond acceptors (Lipinski definition) is 5. The summed E-state index contributed by atoms with van der Waals surface area (Å²) in [5.74, 6) is 0.839. The summed E-state index contributed by atoms with van der Waals surface area (Å²) < 4.78 is 15.6. The normalized spacial score (nSPS) is 10.6. The van der Waals surface area contributed by atoms with Crippen molar-refractivity contribution < 1.29 is 14.2 Å². The van der Waals surface area contributed by atoms with Gasteiger partial charge >= 0.3 is 0 Å². The Morgan fingerprint density at radius 3 is 2.40 bits per heavy atom. The Morgan fingerprint density at radius 1 is 1.05 bits per heavy atom. The second-order valence-corrected chi connectivity index (χ2v) is 4.52. The molecule has 0 unspecified atom stereocenters. The predicted molar refractivity (Wildman–Crippen MR) is 81.5 cm³/mol. The Hall–Kier alpha value is -1.30. The minimum absolute atomic E-state index is 0.507. The minimum atomic E-state index is 0.507. The van der Waals surface area contributed by atoms with Crippen molar-refractivity contribution in [2.45, 2.75) is 13.0 Å². The zero-order chi connectivity index (χ0) is 14.8. The summed E-state index contributed by atoms with van der Waals surface area (Å²) in [5.41, 5.74) is 8.06. The molecular formula is C15H26N2O3. The van der Waals surface area contributed by atoms with E-state index in [1.54, 1.807) is 21.3 Å². The summed E-state index contributed by atoms with van der Waals surface area (Å²) in [7, 11) is 5.10. The molecule has 0 radical (unpaired) electrons. The SMILES string of the molecule is COCCCN(CCOC)c1cc(OC)ccc1CN. The molecule has 1 aromatic rings. The molecule has 0 aliphatic carbocycles. The summed E-state index contributed by atoms with van der Waals surface area (Å²) in [6, 6.07) is 5.99. The van der Waals surface area contributed by atoms with Crippen molar-refractivity contribution >= 4 is 5.69 Å². The lowest BCUT2D eigenvalue weighted by Crippen LogP contribution is -2.30. The van der Waals surface area contributed by atoms with Crippen molar-refractivity contribution in [3.63, 3.8) is 0 Å². The Balaban J connectivity index is 2.90. The summed E-state index contributed by atoms with van der Waals surface area (Å²) in [6.07, 6.45) is 0.960. The van der Waals surface area contributed by atoms with Crippen molar-refractivity contribution in [1.82, 2.24) is 0 Å². The van der Waals surface area contributed by atoms with E-state index < -0.39 is 0 Å². The summed E-state index contributed by atoms with van der Waals surface area (Å²) in [5, 5.41) is 0. The van der Waals surface area contributed by atoms with E-state index in [-0.39, 0.29) is 0 Å². The highest BCUT2D eigenvalue weighted by Crippen LogP contribution is 2.26. The number of nitrogens with two attached hydrogens (primary N) is 1. The van der Waals surface area contributed by atoms with Gasteiger partial charge in [-0.3, -0.25) is 0 Å². The van der Waals surface area contributed by atoms with Crippen LogP contribution in [0.5, 0.6) is 5.75 Å². The fourth-order valence-corrected chi connectivity index (χ4v) is 2.09. The van der Waals surface area contributed by atoms with E-state index in [2.05, 4.69) is 4.90 Å². The molecule has 0 bridgehead atoms. The molecule has 0 saturated heterocycles. The average molecular weight is 282 g/mol. The van der Waals surface area contributed by atoms with Gasteiger partial charge in [0.15, 0.2) is 0 Å². The number of benzene rings is 1. The lowest BCUT2D eigenvalue weighted by atomic mass is 10.1. The van der Waals surface area contributed by atoms with Crippen LogP contribution in [-0.4, -0.2) is 47.6 Å². The fraction of sp³-hybridized carbons (Fsp3) is 0.600. The van der Waals surface area contributed by atoms with Crippen LogP contribution in [0.3, 0.4) is 0 Å².